The summed E-state index contributed by atoms with van der Waals surface area (Å²) >= 11 is 0. The van der Waals surface area contributed by atoms with Crippen molar-refractivity contribution >= 4 is 11.6 Å². The average molecular weight is 266 g/mol. The molecule has 3 N–H and O–H groups in total. The largest absolute Gasteiger partial charge is 0.491 e. The summed E-state index contributed by atoms with van der Waals surface area (Å²) in [5.74, 6) is 0.273. The quantitative estimate of drug-likeness (QED) is 0.765. The zero-order valence-electron chi connectivity index (χ0n) is 11.7. The molecule has 0 spiro atoms. The summed E-state index contributed by atoms with van der Waals surface area (Å²) in [6.07, 6.45) is 0.108. The van der Waals surface area contributed by atoms with Crippen LogP contribution in [0.4, 0.5) is 5.69 Å². The number of nitrogens with two attached hydrogens (primary N) is 1. The molecule has 0 radical (unpaired) electrons. The number of carbonyl (C=O) groups is 1. The second-order valence-electron chi connectivity index (χ2n) is 4.52. The predicted octanol–water partition coefficient (Wildman–Crippen LogP) is 1.51. The van der Waals surface area contributed by atoms with Gasteiger partial charge in [0.2, 0.25) is 0 Å². The topological polar surface area (TPSA) is 75.8 Å². The molecule has 19 heavy (non-hydrogen) atoms. The molecule has 1 unspecified atom stereocenters. The van der Waals surface area contributed by atoms with Crippen molar-refractivity contribution in [1.29, 1.82) is 0 Å². The standard InChI is InChI=1S/C14H22N2O3/c1-4-19-13-11(6-5-7-12(13)15)14(18)16(3)9-8-10(2)17/h5-7,10,17H,4,8-9,15H2,1-3H3. The molecule has 0 saturated carbocycles. The van der Waals surface area contributed by atoms with E-state index >= 15 is 0 Å². The number of ether oxygens (including phenoxy) is 1. The normalized spacial score (nSPS) is 12.0. The first kappa shape index (κ1) is 15.3. The maximum absolute atomic E-state index is 12.3. The Morgan fingerprint density at radius 1 is 1.53 bits per heavy atom. The number of hydrogen-bond donors (Lipinski definition) is 2. The fourth-order valence-electron chi connectivity index (χ4n) is 1.72. The van der Waals surface area contributed by atoms with Crippen LogP contribution in [0.1, 0.15) is 30.6 Å². The second kappa shape index (κ2) is 6.99. The minimum atomic E-state index is -0.428. The van der Waals surface area contributed by atoms with Crippen molar-refractivity contribution < 1.29 is 14.6 Å². The van der Waals surface area contributed by atoms with Crippen LogP contribution in [0.3, 0.4) is 0 Å². The number of nitrogen functional groups attached to an aromatic ring is 1. The van der Waals surface area contributed by atoms with E-state index in [2.05, 4.69) is 0 Å². The molecule has 0 aliphatic rings. The monoisotopic (exact) mass is 266 g/mol. The Bertz CT molecular complexity index is 433. The zero-order valence-corrected chi connectivity index (χ0v) is 11.7. The number of amides is 1. The molecule has 0 bridgehead atoms. The molecule has 1 rings (SSSR count). The van der Waals surface area contributed by atoms with Crippen LogP contribution in [0.5, 0.6) is 5.75 Å². The van der Waals surface area contributed by atoms with Crippen molar-refractivity contribution in [3.8, 4) is 5.75 Å². The third-order valence-electron chi connectivity index (χ3n) is 2.79. The van der Waals surface area contributed by atoms with E-state index in [4.69, 9.17) is 10.5 Å². The minimum Gasteiger partial charge on any atom is -0.491 e. The first-order valence-corrected chi connectivity index (χ1v) is 6.42. The molecule has 0 fully saturated rings. The fourth-order valence-corrected chi connectivity index (χ4v) is 1.72. The SMILES string of the molecule is CCOc1c(N)cccc1C(=O)N(C)CCC(C)O. The zero-order chi connectivity index (χ0) is 14.4. The number of para-hydroxylation sites is 1. The molecule has 0 heterocycles. The molecule has 5 nitrogen and oxygen atoms in total. The summed E-state index contributed by atoms with van der Waals surface area (Å²) in [4.78, 5) is 13.9. The molecule has 0 aromatic heterocycles. The Kier molecular flexibility index (Phi) is 5.63. The van der Waals surface area contributed by atoms with E-state index in [-0.39, 0.29) is 5.91 Å². The summed E-state index contributed by atoms with van der Waals surface area (Å²) in [7, 11) is 1.70. The fraction of sp³-hybridized carbons (Fsp3) is 0.500. The molecule has 0 aliphatic carbocycles. The highest BCUT2D eigenvalue weighted by Crippen LogP contribution is 2.27. The van der Waals surface area contributed by atoms with E-state index in [1.807, 2.05) is 6.92 Å². The van der Waals surface area contributed by atoms with Crippen LogP contribution in [-0.2, 0) is 0 Å². The van der Waals surface area contributed by atoms with Crippen LogP contribution < -0.4 is 10.5 Å². The Labute approximate surface area is 114 Å². The maximum atomic E-state index is 12.3. The molecule has 1 aromatic carbocycles. The van der Waals surface area contributed by atoms with Crippen LogP contribution in [0.25, 0.3) is 0 Å². The number of aliphatic hydroxyl groups excluding tert-OH is 1. The molecule has 0 aliphatic heterocycles. The van der Waals surface area contributed by atoms with E-state index in [9.17, 15) is 9.90 Å². The van der Waals surface area contributed by atoms with E-state index in [0.717, 1.165) is 0 Å². The van der Waals surface area contributed by atoms with Crippen LogP contribution in [0.2, 0.25) is 0 Å². The predicted molar refractivity (Wildman–Crippen MR) is 75.3 cm³/mol. The third-order valence-corrected chi connectivity index (χ3v) is 2.79. The lowest BCUT2D eigenvalue weighted by Crippen LogP contribution is -2.30. The van der Waals surface area contributed by atoms with Crippen LogP contribution >= 0.6 is 0 Å². The smallest absolute Gasteiger partial charge is 0.257 e. The number of anilines is 1. The molecule has 5 heteroatoms. The number of rotatable bonds is 6. The van der Waals surface area contributed by atoms with Crippen LogP contribution in [-0.4, -0.2) is 42.2 Å². The van der Waals surface area contributed by atoms with Crippen molar-refractivity contribution in [2.45, 2.75) is 26.4 Å². The van der Waals surface area contributed by atoms with Gasteiger partial charge < -0.3 is 20.5 Å². The van der Waals surface area contributed by atoms with Gasteiger partial charge in [-0.3, -0.25) is 4.79 Å². The summed E-state index contributed by atoms with van der Waals surface area (Å²) in [6.45, 7) is 4.48. The molecular weight excluding hydrogens is 244 g/mol. The van der Waals surface area contributed by atoms with Gasteiger partial charge in [-0.25, -0.2) is 0 Å². The van der Waals surface area contributed by atoms with E-state index in [1.54, 1.807) is 37.1 Å². The molecule has 0 saturated heterocycles. The van der Waals surface area contributed by atoms with Gasteiger partial charge in [0.15, 0.2) is 5.75 Å². The first-order valence-electron chi connectivity index (χ1n) is 6.42. The Morgan fingerprint density at radius 2 is 2.21 bits per heavy atom. The average Bonchev–Trinajstić information content (AvgIpc) is 2.37. The molecule has 1 atom stereocenters. The Morgan fingerprint density at radius 3 is 2.79 bits per heavy atom. The number of nitrogens with zero attached hydrogens (tertiary/aromatic N) is 1. The minimum absolute atomic E-state index is 0.156. The molecular formula is C14H22N2O3. The van der Waals surface area contributed by atoms with Crippen molar-refractivity contribution in [2.24, 2.45) is 0 Å². The second-order valence-corrected chi connectivity index (χ2v) is 4.52. The van der Waals surface area contributed by atoms with Gasteiger partial charge in [0, 0.05) is 13.6 Å². The lowest BCUT2D eigenvalue weighted by atomic mass is 10.1. The van der Waals surface area contributed by atoms with Crippen molar-refractivity contribution in [2.75, 3.05) is 25.9 Å². The van der Waals surface area contributed by atoms with Crippen molar-refractivity contribution in [3.63, 3.8) is 0 Å². The number of carbonyl (C=O) groups excluding carboxylic acids is 1. The van der Waals surface area contributed by atoms with Crippen LogP contribution in [0, 0.1) is 0 Å². The number of benzene rings is 1. The lowest BCUT2D eigenvalue weighted by Gasteiger charge is -2.20. The Balaban J connectivity index is 2.89. The van der Waals surface area contributed by atoms with Crippen molar-refractivity contribution in [1.82, 2.24) is 4.90 Å². The van der Waals surface area contributed by atoms with Gasteiger partial charge in [-0.2, -0.15) is 0 Å². The van der Waals surface area contributed by atoms with Gasteiger partial charge in [0.25, 0.3) is 5.91 Å². The summed E-state index contributed by atoms with van der Waals surface area (Å²) in [6, 6.07) is 5.13. The van der Waals surface area contributed by atoms with E-state index in [0.29, 0.717) is 36.6 Å². The third kappa shape index (κ3) is 4.13. The summed E-state index contributed by atoms with van der Waals surface area (Å²) in [5, 5.41) is 9.25. The lowest BCUT2D eigenvalue weighted by molar-refractivity contribution is 0.0765. The van der Waals surface area contributed by atoms with Gasteiger partial charge in [-0.15, -0.1) is 0 Å². The number of hydrogen-bond acceptors (Lipinski definition) is 4. The van der Waals surface area contributed by atoms with Gasteiger partial charge in [0.05, 0.1) is 24.0 Å². The van der Waals surface area contributed by atoms with Crippen LogP contribution in [0.15, 0.2) is 18.2 Å². The maximum Gasteiger partial charge on any atom is 0.257 e. The van der Waals surface area contributed by atoms with Gasteiger partial charge in [0.1, 0.15) is 0 Å². The Hall–Kier alpha value is -1.75. The molecule has 1 amide bonds. The van der Waals surface area contributed by atoms with E-state index < -0.39 is 6.10 Å². The first-order chi connectivity index (χ1) is 8.97. The number of aliphatic hydroxyl groups is 1. The summed E-state index contributed by atoms with van der Waals surface area (Å²) in [5.41, 5.74) is 6.74. The summed E-state index contributed by atoms with van der Waals surface area (Å²) < 4.78 is 5.44. The van der Waals surface area contributed by atoms with E-state index in [1.165, 1.54) is 0 Å². The molecule has 1 aromatic rings. The highest BCUT2D eigenvalue weighted by Gasteiger charge is 2.18. The highest BCUT2D eigenvalue weighted by molar-refractivity contribution is 5.98. The van der Waals surface area contributed by atoms with Gasteiger partial charge in [-0.1, -0.05) is 6.07 Å². The van der Waals surface area contributed by atoms with Crippen molar-refractivity contribution in [3.05, 3.63) is 23.8 Å². The highest BCUT2D eigenvalue weighted by atomic mass is 16.5. The van der Waals surface area contributed by atoms with Gasteiger partial charge in [-0.05, 0) is 32.4 Å². The molecule has 106 valence electrons. The van der Waals surface area contributed by atoms with Gasteiger partial charge >= 0.3 is 0 Å².